The maximum absolute atomic E-state index is 12.1. The maximum Gasteiger partial charge on any atom is 0.156 e. The largest absolute Gasteiger partial charge is 0.497 e. The zero-order valence-corrected chi connectivity index (χ0v) is 18.5. The first-order chi connectivity index (χ1) is 14.9. The summed E-state index contributed by atoms with van der Waals surface area (Å²) in [5.41, 5.74) is 3.53. The van der Waals surface area contributed by atoms with Crippen molar-refractivity contribution in [3.63, 3.8) is 0 Å². The molecule has 1 aliphatic heterocycles. The van der Waals surface area contributed by atoms with E-state index in [0.717, 1.165) is 30.6 Å². The molecule has 0 saturated heterocycles. The van der Waals surface area contributed by atoms with Gasteiger partial charge < -0.3 is 14.6 Å². The van der Waals surface area contributed by atoms with Crippen molar-refractivity contribution >= 4 is 5.78 Å². The molecule has 0 amide bonds. The van der Waals surface area contributed by atoms with Crippen LogP contribution in [0.15, 0.2) is 47.1 Å². The first kappa shape index (κ1) is 20.5. The Labute approximate surface area is 184 Å². The predicted octanol–water partition coefficient (Wildman–Crippen LogP) is 4.34. The van der Waals surface area contributed by atoms with Crippen molar-refractivity contribution in [2.45, 2.75) is 63.6 Å². The molecule has 4 aliphatic rings. The molecule has 0 bridgehead atoms. The second-order valence-electron chi connectivity index (χ2n) is 9.63. The van der Waals surface area contributed by atoms with E-state index in [0.29, 0.717) is 19.4 Å². The van der Waals surface area contributed by atoms with Gasteiger partial charge in [0.25, 0.3) is 0 Å². The van der Waals surface area contributed by atoms with E-state index in [2.05, 4.69) is 30.9 Å². The number of allylic oxidation sites excluding steroid dienone is 1. The molecule has 4 heteroatoms. The van der Waals surface area contributed by atoms with Crippen LogP contribution in [0.4, 0.5) is 0 Å². The van der Waals surface area contributed by atoms with Crippen molar-refractivity contribution in [1.82, 2.24) is 0 Å². The molecule has 1 unspecified atom stereocenters. The second kappa shape index (κ2) is 7.36. The Balaban J connectivity index is 1.68. The summed E-state index contributed by atoms with van der Waals surface area (Å²) in [5, 5.41) is 11.6. The third kappa shape index (κ3) is 3.02. The Morgan fingerprint density at radius 3 is 2.71 bits per heavy atom. The van der Waals surface area contributed by atoms with Gasteiger partial charge in [-0.1, -0.05) is 25.0 Å². The van der Waals surface area contributed by atoms with Gasteiger partial charge in [-0.05, 0) is 79.0 Å². The first-order valence-electron chi connectivity index (χ1n) is 11.3. The summed E-state index contributed by atoms with van der Waals surface area (Å²) < 4.78 is 11.9. The van der Waals surface area contributed by atoms with Crippen LogP contribution in [0.3, 0.4) is 0 Å². The van der Waals surface area contributed by atoms with E-state index < -0.39 is 5.60 Å². The number of hydrogen-bond acceptors (Lipinski definition) is 4. The number of methoxy groups -OCH3 is 1. The van der Waals surface area contributed by atoms with E-state index in [1.807, 2.05) is 12.1 Å². The minimum absolute atomic E-state index is 0.0427. The van der Waals surface area contributed by atoms with Gasteiger partial charge in [0.15, 0.2) is 5.78 Å². The molecule has 5 atom stereocenters. The minimum atomic E-state index is -1.00. The molecular weight excluding hydrogens is 388 g/mol. The van der Waals surface area contributed by atoms with Crippen molar-refractivity contribution in [2.75, 3.05) is 13.7 Å². The molecule has 2 fully saturated rings. The number of carbonyl (C=O) groups is 1. The van der Waals surface area contributed by atoms with Gasteiger partial charge in [-0.3, -0.25) is 4.79 Å². The number of fused-ring (bicyclic) bond motifs is 4. The molecule has 1 heterocycles. The fourth-order valence-electron chi connectivity index (χ4n) is 6.56. The van der Waals surface area contributed by atoms with Gasteiger partial charge in [0.1, 0.15) is 11.4 Å². The van der Waals surface area contributed by atoms with Crippen molar-refractivity contribution in [3.05, 3.63) is 52.6 Å². The topological polar surface area (TPSA) is 55.8 Å². The van der Waals surface area contributed by atoms with Crippen LogP contribution < -0.4 is 4.74 Å². The normalized spacial score (nSPS) is 36.6. The number of aliphatic hydroxyl groups is 1. The lowest BCUT2D eigenvalue weighted by molar-refractivity contribution is -0.115. The van der Waals surface area contributed by atoms with Crippen LogP contribution in [0.1, 0.15) is 57.4 Å². The van der Waals surface area contributed by atoms with Crippen LogP contribution in [0, 0.1) is 23.2 Å². The molecule has 31 heavy (non-hydrogen) atoms. The number of hydrogen-bond donors (Lipinski definition) is 1. The molecule has 2 saturated carbocycles. The van der Waals surface area contributed by atoms with Crippen molar-refractivity contribution in [1.29, 1.82) is 0 Å². The van der Waals surface area contributed by atoms with Crippen LogP contribution in [-0.2, 0) is 9.53 Å². The molecule has 1 aromatic rings. The van der Waals surface area contributed by atoms with Gasteiger partial charge in [0, 0.05) is 17.8 Å². The van der Waals surface area contributed by atoms with Gasteiger partial charge in [-0.15, -0.1) is 5.92 Å². The molecule has 0 aromatic heterocycles. The fourth-order valence-corrected chi connectivity index (χ4v) is 6.56. The zero-order valence-electron chi connectivity index (χ0n) is 18.5. The van der Waals surface area contributed by atoms with E-state index in [4.69, 9.17) is 9.47 Å². The summed E-state index contributed by atoms with van der Waals surface area (Å²) in [6, 6.07) is 8.26. The summed E-state index contributed by atoms with van der Waals surface area (Å²) >= 11 is 0. The van der Waals surface area contributed by atoms with Crippen molar-refractivity contribution in [2.24, 2.45) is 11.3 Å². The lowest BCUT2D eigenvalue weighted by Gasteiger charge is -2.53. The van der Waals surface area contributed by atoms with E-state index in [9.17, 15) is 9.90 Å². The van der Waals surface area contributed by atoms with Gasteiger partial charge in [-0.2, -0.15) is 0 Å². The predicted molar refractivity (Wildman–Crippen MR) is 119 cm³/mol. The lowest BCUT2D eigenvalue weighted by Crippen LogP contribution is -2.53. The standard InChI is InChI=1S/C27H30O4/c1-4-12-27(29)13-11-23-25-24(21-10-7-19(28)14-18(21)16-31-25)22(15-26(23,27)2)17-5-8-20(30-3)9-6-17/h5-6,8-9,14,22-23,25,29H,7,10-11,13,15-16H2,1-3H3/t22?,23-,25-,26-,27-/m0/s1. The number of carbonyl (C=O) groups excluding carboxylic acids is 1. The Bertz CT molecular complexity index is 1040. The Morgan fingerprint density at radius 1 is 1.23 bits per heavy atom. The van der Waals surface area contributed by atoms with Crippen LogP contribution in [0.25, 0.3) is 0 Å². The Kier molecular flexibility index (Phi) is 4.88. The number of ketones is 1. The SMILES string of the molecule is CC#C[C@]1(O)CC[C@H]2[C@@H]3OCC4=CC(=O)CCC4=C3C(c3ccc(OC)cc3)C[C@@]21C. The summed E-state index contributed by atoms with van der Waals surface area (Å²) in [5.74, 6) is 7.51. The second-order valence-corrected chi connectivity index (χ2v) is 9.63. The molecule has 0 radical (unpaired) electrons. The maximum atomic E-state index is 12.1. The first-order valence-corrected chi connectivity index (χ1v) is 11.3. The van der Waals surface area contributed by atoms with Crippen LogP contribution in [0.5, 0.6) is 5.75 Å². The van der Waals surface area contributed by atoms with Crippen LogP contribution in [-0.4, -0.2) is 36.3 Å². The molecule has 1 aromatic carbocycles. The molecule has 3 aliphatic carbocycles. The van der Waals surface area contributed by atoms with Crippen LogP contribution in [0.2, 0.25) is 0 Å². The smallest absolute Gasteiger partial charge is 0.156 e. The molecule has 162 valence electrons. The summed E-state index contributed by atoms with van der Waals surface area (Å²) in [7, 11) is 1.68. The minimum Gasteiger partial charge on any atom is -0.497 e. The lowest BCUT2D eigenvalue weighted by atomic mass is 9.55. The van der Waals surface area contributed by atoms with E-state index >= 15 is 0 Å². The average Bonchev–Trinajstić information content (AvgIpc) is 3.03. The number of rotatable bonds is 2. The third-order valence-electron chi connectivity index (χ3n) is 8.22. The summed E-state index contributed by atoms with van der Waals surface area (Å²) in [6.07, 6.45) is 5.49. The monoisotopic (exact) mass is 418 g/mol. The molecule has 1 N–H and O–H groups in total. The molecule has 5 rings (SSSR count). The van der Waals surface area contributed by atoms with E-state index in [1.54, 1.807) is 20.1 Å². The van der Waals surface area contributed by atoms with Gasteiger partial charge in [0.05, 0.1) is 19.8 Å². The molecular formula is C27H30O4. The summed E-state index contributed by atoms with van der Waals surface area (Å²) in [4.78, 5) is 12.1. The van der Waals surface area contributed by atoms with Gasteiger partial charge >= 0.3 is 0 Å². The third-order valence-corrected chi connectivity index (χ3v) is 8.22. The van der Waals surface area contributed by atoms with Gasteiger partial charge in [0.2, 0.25) is 0 Å². The summed E-state index contributed by atoms with van der Waals surface area (Å²) in [6.45, 7) is 4.49. The highest BCUT2D eigenvalue weighted by atomic mass is 16.5. The van der Waals surface area contributed by atoms with Crippen LogP contribution >= 0.6 is 0 Å². The highest BCUT2D eigenvalue weighted by molar-refractivity contribution is 5.93. The fraction of sp³-hybridized carbons (Fsp3) is 0.519. The Hall–Kier alpha value is -2.35. The van der Waals surface area contributed by atoms with E-state index in [-0.39, 0.29) is 29.1 Å². The average molecular weight is 419 g/mol. The van der Waals surface area contributed by atoms with Crippen molar-refractivity contribution < 1.29 is 19.4 Å². The Morgan fingerprint density at radius 2 is 2.00 bits per heavy atom. The number of benzene rings is 1. The van der Waals surface area contributed by atoms with Gasteiger partial charge in [-0.25, -0.2) is 0 Å². The molecule has 4 nitrogen and oxygen atoms in total. The highest BCUT2D eigenvalue weighted by Crippen LogP contribution is 2.64. The zero-order chi connectivity index (χ0) is 21.8. The highest BCUT2D eigenvalue weighted by Gasteiger charge is 2.63. The number of ether oxygens (including phenoxy) is 2. The molecule has 0 spiro atoms. The van der Waals surface area contributed by atoms with E-state index in [1.165, 1.54) is 16.7 Å². The van der Waals surface area contributed by atoms with Crippen molar-refractivity contribution in [3.8, 4) is 17.6 Å². The quantitative estimate of drug-likeness (QED) is 0.726.